The van der Waals surface area contributed by atoms with Gasteiger partial charge >= 0.3 is 0 Å². The highest BCUT2D eigenvalue weighted by atomic mass is 16.5. The first kappa shape index (κ1) is 19.1. The summed E-state index contributed by atoms with van der Waals surface area (Å²) >= 11 is 0. The number of carbonyl (C=O) groups is 1. The van der Waals surface area contributed by atoms with Gasteiger partial charge in [0.05, 0.1) is 25.9 Å². The fourth-order valence-electron chi connectivity index (χ4n) is 1.82. The zero-order chi connectivity index (χ0) is 17.9. The van der Waals surface area contributed by atoms with Crippen molar-refractivity contribution in [3.63, 3.8) is 0 Å². The van der Waals surface area contributed by atoms with Crippen LogP contribution >= 0.6 is 0 Å². The monoisotopic (exact) mass is 327 g/mol. The van der Waals surface area contributed by atoms with Gasteiger partial charge in [0.2, 0.25) is 5.91 Å². The predicted octanol–water partition coefficient (Wildman–Crippen LogP) is 2.62. The summed E-state index contributed by atoms with van der Waals surface area (Å²) in [7, 11) is 1.55. The molecule has 0 saturated carbocycles. The fourth-order valence-corrected chi connectivity index (χ4v) is 1.82. The molecule has 0 saturated heterocycles. The number of methoxy groups -OCH3 is 1. The van der Waals surface area contributed by atoms with E-state index in [0.717, 1.165) is 10.5 Å². The van der Waals surface area contributed by atoms with Gasteiger partial charge in [0.25, 0.3) is 0 Å². The van der Waals surface area contributed by atoms with E-state index in [9.17, 15) is 4.79 Å². The molecule has 6 nitrogen and oxygen atoms in total. The van der Waals surface area contributed by atoms with Gasteiger partial charge in [-0.05, 0) is 29.7 Å². The van der Waals surface area contributed by atoms with Gasteiger partial charge in [0, 0.05) is 6.08 Å². The van der Waals surface area contributed by atoms with Gasteiger partial charge in [0.15, 0.2) is 11.5 Å². The number of hydrogen-bond acceptors (Lipinski definition) is 5. The summed E-state index contributed by atoms with van der Waals surface area (Å²) in [6, 6.07) is 9.08. The average molecular weight is 327 g/mol. The van der Waals surface area contributed by atoms with Gasteiger partial charge in [0.1, 0.15) is 13.1 Å². The summed E-state index contributed by atoms with van der Waals surface area (Å²) in [5, 5.41) is 17.4. The first-order chi connectivity index (χ1) is 11.5. The lowest BCUT2D eigenvalue weighted by atomic mass is 10.1. The Bertz CT molecular complexity index is 653. The van der Waals surface area contributed by atoms with Crippen molar-refractivity contribution in [1.82, 2.24) is 4.90 Å². The fraction of sp³-hybridized carbons (Fsp3) is 0.389. The summed E-state index contributed by atoms with van der Waals surface area (Å²) in [6.45, 7) is 4.46. The molecule has 0 aliphatic heterocycles. The third kappa shape index (κ3) is 6.02. The van der Waals surface area contributed by atoms with Crippen LogP contribution in [0.4, 0.5) is 0 Å². The van der Waals surface area contributed by atoms with Crippen molar-refractivity contribution < 1.29 is 14.3 Å². The number of benzene rings is 1. The summed E-state index contributed by atoms with van der Waals surface area (Å²) in [4.78, 5) is 13.1. The van der Waals surface area contributed by atoms with Crippen molar-refractivity contribution in [2.75, 3.05) is 26.8 Å². The number of amides is 1. The van der Waals surface area contributed by atoms with E-state index in [4.69, 9.17) is 20.0 Å². The maximum absolute atomic E-state index is 12.0. The van der Waals surface area contributed by atoms with Crippen LogP contribution in [-0.2, 0) is 4.79 Å². The number of rotatable bonds is 8. The van der Waals surface area contributed by atoms with Gasteiger partial charge in [-0.1, -0.05) is 19.9 Å². The lowest BCUT2D eigenvalue weighted by Crippen LogP contribution is -2.30. The second-order valence-electron chi connectivity index (χ2n) is 5.46. The molecule has 24 heavy (non-hydrogen) atoms. The topological polar surface area (TPSA) is 86.4 Å². The normalized spacial score (nSPS) is 10.2. The number of hydrogen-bond donors (Lipinski definition) is 0. The van der Waals surface area contributed by atoms with E-state index in [1.165, 1.54) is 6.08 Å². The van der Waals surface area contributed by atoms with Crippen LogP contribution < -0.4 is 9.47 Å². The van der Waals surface area contributed by atoms with Crippen LogP contribution in [0.3, 0.4) is 0 Å². The van der Waals surface area contributed by atoms with E-state index in [2.05, 4.69) is 13.8 Å². The van der Waals surface area contributed by atoms with Crippen LogP contribution in [-0.4, -0.2) is 37.6 Å². The summed E-state index contributed by atoms with van der Waals surface area (Å²) in [5.41, 5.74) is 0.756. The Morgan fingerprint density at radius 3 is 2.46 bits per heavy atom. The van der Waals surface area contributed by atoms with Crippen LogP contribution in [0.1, 0.15) is 19.4 Å². The molecule has 0 spiro atoms. The van der Waals surface area contributed by atoms with Crippen molar-refractivity contribution >= 4 is 12.0 Å². The standard InChI is InChI=1S/C18H21N3O3/c1-14(2)13-24-16-6-4-15(12-17(16)23-3)5-7-18(22)21(10-8-19)11-9-20/h4-7,12,14H,10-11,13H2,1-3H3/b7-5-. The van der Waals surface area contributed by atoms with E-state index >= 15 is 0 Å². The third-order valence-electron chi connectivity index (χ3n) is 3.01. The Hall–Kier alpha value is -2.99. The Balaban J connectivity index is 2.85. The Kier molecular flexibility index (Phi) is 7.87. The molecule has 1 rings (SSSR count). The molecule has 0 N–H and O–H groups in total. The highest BCUT2D eigenvalue weighted by molar-refractivity contribution is 5.92. The third-order valence-corrected chi connectivity index (χ3v) is 3.01. The Labute approximate surface area is 142 Å². The van der Waals surface area contributed by atoms with Gasteiger partial charge < -0.3 is 14.4 Å². The molecule has 1 aromatic carbocycles. The minimum absolute atomic E-state index is 0.123. The highest BCUT2D eigenvalue weighted by Gasteiger charge is 2.10. The van der Waals surface area contributed by atoms with E-state index < -0.39 is 5.91 Å². The van der Waals surface area contributed by atoms with Crippen LogP contribution in [0.2, 0.25) is 0 Å². The minimum Gasteiger partial charge on any atom is -0.493 e. The second-order valence-corrected chi connectivity index (χ2v) is 5.46. The van der Waals surface area contributed by atoms with E-state index in [1.54, 1.807) is 31.4 Å². The van der Waals surface area contributed by atoms with Gasteiger partial charge in [-0.3, -0.25) is 4.79 Å². The molecule has 1 aromatic rings. The zero-order valence-electron chi connectivity index (χ0n) is 14.2. The van der Waals surface area contributed by atoms with E-state index in [0.29, 0.717) is 24.0 Å². The van der Waals surface area contributed by atoms with E-state index in [1.807, 2.05) is 12.1 Å². The van der Waals surface area contributed by atoms with E-state index in [-0.39, 0.29) is 13.1 Å². The second kappa shape index (κ2) is 9.91. The largest absolute Gasteiger partial charge is 0.493 e. The zero-order valence-corrected chi connectivity index (χ0v) is 14.2. The molecule has 126 valence electrons. The van der Waals surface area contributed by atoms with Crippen LogP contribution in [0.25, 0.3) is 6.08 Å². The molecule has 1 amide bonds. The SMILES string of the molecule is COc1cc(/C=C\C(=O)N(CC#N)CC#N)ccc1OCC(C)C. The summed E-state index contributed by atoms with van der Waals surface area (Å²) in [5.74, 6) is 1.23. The van der Waals surface area contributed by atoms with Crippen LogP contribution in [0.5, 0.6) is 11.5 Å². The molecule has 0 fully saturated rings. The van der Waals surface area contributed by atoms with Gasteiger partial charge in [-0.2, -0.15) is 10.5 Å². The van der Waals surface area contributed by atoms with Crippen molar-refractivity contribution in [2.24, 2.45) is 5.92 Å². The number of carbonyl (C=O) groups excluding carboxylic acids is 1. The van der Waals surface area contributed by atoms with Crippen molar-refractivity contribution in [2.45, 2.75) is 13.8 Å². The maximum atomic E-state index is 12.0. The molecule has 0 aliphatic carbocycles. The molecular weight excluding hydrogens is 306 g/mol. The van der Waals surface area contributed by atoms with Crippen LogP contribution in [0.15, 0.2) is 24.3 Å². The molecule has 6 heteroatoms. The molecule has 0 radical (unpaired) electrons. The molecule has 0 aromatic heterocycles. The summed E-state index contributed by atoms with van der Waals surface area (Å²) < 4.78 is 11.0. The van der Waals surface area contributed by atoms with Crippen molar-refractivity contribution in [3.05, 3.63) is 29.8 Å². The molecule has 0 bridgehead atoms. The highest BCUT2D eigenvalue weighted by Crippen LogP contribution is 2.29. The number of nitrogens with zero attached hydrogens (tertiary/aromatic N) is 3. The molecule has 0 atom stereocenters. The lowest BCUT2D eigenvalue weighted by molar-refractivity contribution is -0.124. The Morgan fingerprint density at radius 1 is 1.25 bits per heavy atom. The average Bonchev–Trinajstić information content (AvgIpc) is 2.57. The smallest absolute Gasteiger partial charge is 0.248 e. The van der Waals surface area contributed by atoms with Crippen molar-refractivity contribution in [3.8, 4) is 23.6 Å². The first-order valence-electron chi connectivity index (χ1n) is 7.53. The lowest BCUT2D eigenvalue weighted by Gasteiger charge is -2.13. The molecule has 0 unspecified atom stereocenters. The summed E-state index contributed by atoms with van der Waals surface area (Å²) in [6.07, 6.45) is 2.94. The quantitative estimate of drug-likeness (QED) is 0.541. The molecule has 0 aliphatic rings. The predicted molar refractivity (Wildman–Crippen MR) is 90.2 cm³/mol. The number of ether oxygens (including phenoxy) is 2. The minimum atomic E-state index is -0.391. The van der Waals surface area contributed by atoms with Gasteiger partial charge in [-0.15, -0.1) is 0 Å². The number of nitriles is 2. The van der Waals surface area contributed by atoms with Crippen LogP contribution in [0, 0.1) is 28.6 Å². The maximum Gasteiger partial charge on any atom is 0.248 e. The molecular formula is C18H21N3O3. The Morgan fingerprint density at radius 2 is 1.92 bits per heavy atom. The van der Waals surface area contributed by atoms with Gasteiger partial charge in [-0.25, -0.2) is 0 Å². The first-order valence-corrected chi connectivity index (χ1v) is 7.53. The molecule has 0 heterocycles. The van der Waals surface area contributed by atoms with Crippen molar-refractivity contribution in [1.29, 1.82) is 10.5 Å².